The summed E-state index contributed by atoms with van der Waals surface area (Å²) in [6.07, 6.45) is 12.5. The number of hydrogen-bond acceptors (Lipinski definition) is 3. The van der Waals surface area contributed by atoms with Gasteiger partial charge in [-0.25, -0.2) is 4.98 Å². The predicted octanol–water partition coefficient (Wildman–Crippen LogP) is 2.50. The van der Waals surface area contributed by atoms with E-state index in [2.05, 4.69) is 28.2 Å². The van der Waals surface area contributed by atoms with Crippen LogP contribution in [-0.2, 0) is 0 Å². The van der Waals surface area contributed by atoms with E-state index < -0.39 is 0 Å². The van der Waals surface area contributed by atoms with Gasteiger partial charge in [-0.05, 0) is 23.8 Å². The summed E-state index contributed by atoms with van der Waals surface area (Å²) in [4.78, 5) is 21.2. The fourth-order valence-corrected chi connectivity index (χ4v) is 2.36. The van der Waals surface area contributed by atoms with Crippen molar-refractivity contribution in [3.63, 3.8) is 0 Å². The number of carbonyl (C=O) groups excluding carboxylic acids is 1. The normalized spacial score (nSPS) is 24.2. The van der Waals surface area contributed by atoms with E-state index in [4.69, 9.17) is 0 Å². The Morgan fingerprint density at radius 2 is 2.42 bits per heavy atom. The maximum Gasteiger partial charge on any atom is 0.205 e. The number of allylic oxidation sites excluding steroid dienone is 5. The Bertz CT molecular complexity index is 598. The maximum absolute atomic E-state index is 11.9. The summed E-state index contributed by atoms with van der Waals surface area (Å²) in [5.41, 5.74) is 1.77. The van der Waals surface area contributed by atoms with Gasteiger partial charge in [-0.3, -0.25) is 4.79 Å². The number of fused-ring (bicyclic) bond motifs is 1. The van der Waals surface area contributed by atoms with Crippen molar-refractivity contribution >= 4 is 11.4 Å². The van der Waals surface area contributed by atoms with Gasteiger partial charge in [-0.1, -0.05) is 18.2 Å². The zero-order chi connectivity index (χ0) is 13.4. The van der Waals surface area contributed by atoms with Crippen LogP contribution in [0.3, 0.4) is 0 Å². The van der Waals surface area contributed by atoms with Crippen molar-refractivity contribution < 1.29 is 6.22 Å². The van der Waals surface area contributed by atoms with Crippen LogP contribution in [0.5, 0.6) is 0 Å². The lowest BCUT2D eigenvalue weighted by molar-refractivity contribution is 0.104. The molecular formula is C15H19N3O. The molecule has 2 aliphatic carbocycles. The third-order valence-electron chi connectivity index (χ3n) is 3.51. The Labute approximate surface area is 114 Å². The highest BCUT2D eigenvalue weighted by molar-refractivity contribution is 6.03. The molecule has 1 aromatic rings. The SMILES string of the molecule is CN(C)/C=C/C(=O)c1cnc(C2=CC=CC3CC23)[nH]1.[HH]. The Morgan fingerprint density at radius 3 is 3.21 bits per heavy atom. The molecule has 0 bridgehead atoms. The summed E-state index contributed by atoms with van der Waals surface area (Å²) in [7, 11) is 3.77. The average molecular weight is 257 g/mol. The quantitative estimate of drug-likeness (QED) is 0.666. The van der Waals surface area contributed by atoms with Crippen LogP contribution in [0.25, 0.3) is 5.57 Å². The molecule has 2 atom stereocenters. The van der Waals surface area contributed by atoms with E-state index in [1.165, 1.54) is 12.0 Å². The smallest absolute Gasteiger partial charge is 0.205 e. The lowest BCUT2D eigenvalue weighted by atomic mass is 10.0. The predicted molar refractivity (Wildman–Crippen MR) is 76.6 cm³/mol. The van der Waals surface area contributed by atoms with Gasteiger partial charge >= 0.3 is 0 Å². The molecular weight excluding hydrogens is 238 g/mol. The molecule has 2 aliphatic rings. The van der Waals surface area contributed by atoms with Crippen LogP contribution in [0.2, 0.25) is 0 Å². The van der Waals surface area contributed by atoms with Gasteiger partial charge in [0.15, 0.2) is 0 Å². The van der Waals surface area contributed by atoms with Gasteiger partial charge in [0, 0.05) is 27.8 Å². The van der Waals surface area contributed by atoms with Gasteiger partial charge < -0.3 is 9.88 Å². The molecule has 19 heavy (non-hydrogen) atoms. The summed E-state index contributed by atoms with van der Waals surface area (Å²) < 4.78 is 0. The first-order valence-corrected chi connectivity index (χ1v) is 6.48. The summed E-state index contributed by atoms with van der Waals surface area (Å²) >= 11 is 0. The van der Waals surface area contributed by atoms with Crippen LogP contribution in [0.4, 0.5) is 0 Å². The van der Waals surface area contributed by atoms with Crippen LogP contribution < -0.4 is 0 Å². The summed E-state index contributed by atoms with van der Waals surface area (Å²) in [6.45, 7) is 0. The highest BCUT2D eigenvalue weighted by atomic mass is 16.1. The highest BCUT2D eigenvalue weighted by Crippen LogP contribution is 2.50. The topological polar surface area (TPSA) is 49.0 Å². The molecule has 1 aromatic heterocycles. The Hall–Kier alpha value is -2.10. The number of nitrogens with one attached hydrogen (secondary N) is 1. The van der Waals surface area contributed by atoms with Crippen molar-refractivity contribution in [2.24, 2.45) is 11.8 Å². The molecule has 4 heteroatoms. The maximum atomic E-state index is 11.9. The largest absolute Gasteiger partial charge is 0.383 e. The third-order valence-corrected chi connectivity index (χ3v) is 3.51. The number of nitrogens with zero attached hydrogens (tertiary/aromatic N) is 2. The molecule has 1 heterocycles. The number of H-pyrrole nitrogens is 1. The van der Waals surface area contributed by atoms with Crippen LogP contribution in [0, 0.1) is 11.8 Å². The minimum absolute atomic E-state index is 0. The fourth-order valence-electron chi connectivity index (χ4n) is 2.36. The van der Waals surface area contributed by atoms with Crippen LogP contribution in [0.15, 0.2) is 36.7 Å². The zero-order valence-corrected chi connectivity index (χ0v) is 11.1. The van der Waals surface area contributed by atoms with Crippen LogP contribution in [-0.4, -0.2) is 34.7 Å². The Kier molecular flexibility index (Phi) is 2.85. The molecule has 0 radical (unpaired) electrons. The van der Waals surface area contributed by atoms with E-state index in [1.807, 2.05) is 19.0 Å². The fraction of sp³-hybridized carbons (Fsp3) is 0.333. The second-order valence-corrected chi connectivity index (χ2v) is 5.30. The lowest BCUT2D eigenvalue weighted by Crippen LogP contribution is -2.03. The first-order valence-electron chi connectivity index (χ1n) is 6.48. The number of ketones is 1. The van der Waals surface area contributed by atoms with Gasteiger partial charge in [0.05, 0.1) is 6.20 Å². The van der Waals surface area contributed by atoms with E-state index in [-0.39, 0.29) is 7.21 Å². The summed E-state index contributed by atoms with van der Waals surface area (Å²) in [5.74, 6) is 2.06. The minimum atomic E-state index is -0.0493. The number of aromatic amines is 1. The number of aromatic nitrogens is 2. The van der Waals surface area contributed by atoms with E-state index in [0.29, 0.717) is 17.5 Å². The molecule has 0 amide bonds. The molecule has 2 unspecified atom stereocenters. The molecule has 0 saturated heterocycles. The Morgan fingerprint density at radius 1 is 1.58 bits per heavy atom. The first kappa shape index (κ1) is 12.0. The monoisotopic (exact) mass is 257 g/mol. The molecule has 1 N–H and O–H groups in total. The number of carbonyl (C=O) groups is 1. The highest BCUT2D eigenvalue weighted by Gasteiger charge is 2.40. The zero-order valence-electron chi connectivity index (χ0n) is 11.1. The minimum Gasteiger partial charge on any atom is -0.383 e. The molecule has 4 nitrogen and oxygen atoms in total. The molecule has 1 saturated carbocycles. The van der Waals surface area contributed by atoms with E-state index >= 15 is 0 Å². The van der Waals surface area contributed by atoms with Gasteiger partial charge in [-0.2, -0.15) is 0 Å². The van der Waals surface area contributed by atoms with Crippen LogP contribution >= 0.6 is 0 Å². The van der Waals surface area contributed by atoms with Crippen LogP contribution in [0.1, 0.15) is 24.2 Å². The molecule has 0 aromatic carbocycles. The van der Waals surface area contributed by atoms with Crippen molar-refractivity contribution in [3.8, 4) is 0 Å². The van der Waals surface area contributed by atoms with Gasteiger partial charge in [-0.15, -0.1) is 0 Å². The lowest BCUT2D eigenvalue weighted by Gasteiger charge is -2.05. The standard InChI is InChI=1S/C15H17N3O.H2/c1-18(2)7-6-14(19)13-9-16-15(17-13)11-5-3-4-10-8-12(10)11;/h3-7,9-10,12H,8H2,1-2H3,(H,16,17);1H/b7-6+;. The summed E-state index contributed by atoms with van der Waals surface area (Å²) in [5, 5.41) is 0. The molecule has 0 spiro atoms. The molecule has 100 valence electrons. The van der Waals surface area contributed by atoms with Crippen molar-refractivity contribution in [1.82, 2.24) is 14.9 Å². The first-order chi connectivity index (χ1) is 9.15. The average Bonchev–Trinajstić information content (AvgIpc) is 3.03. The molecule has 3 rings (SSSR count). The van der Waals surface area contributed by atoms with Gasteiger partial charge in [0.1, 0.15) is 11.5 Å². The number of rotatable bonds is 4. The Balaban J connectivity index is 0.00000147. The van der Waals surface area contributed by atoms with E-state index in [0.717, 1.165) is 5.82 Å². The molecule has 1 fully saturated rings. The van der Waals surface area contributed by atoms with Crippen molar-refractivity contribution in [1.29, 1.82) is 0 Å². The van der Waals surface area contributed by atoms with Crippen molar-refractivity contribution in [2.45, 2.75) is 6.42 Å². The number of imidazole rings is 1. The number of hydrogen-bond donors (Lipinski definition) is 1. The second-order valence-electron chi connectivity index (χ2n) is 5.30. The van der Waals surface area contributed by atoms with E-state index in [1.54, 1.807) is 18.5 Å². The van der Waals surface area contributed by atoms with Crippen molar-refractivity contribution in [2.75, 3.05) is 14.1 Å². The summed E-state index contributed by atoms with van der Waals surface area (Å²) in [6, 6.07) is 0. The van der Waals surface area contributed by atoms with Gasteiger partial charge in [0.2, 0.25) is 5.78 Å². The second kappa shape index (κ2) is 4.53. The van der Waals surface area contributed by atoms with E-state index in [9.17, 15) is 4.79 Å². The van der Waals surface area contributed by atoms with Crippen molar-refractivity contribution in [3.05, 3.63) is 48.2 Å². The third kappa shape index (κ3) is 2.38. The molecule has 0 aliphatic heterocycles. The van der Waals surface area contributed by atoms with Gasteiger partial charge in [0.25, 0.3) is 0 Å².